The molecule has 1 heterocycles. The first-order chi connectivity index (χ1) is 11.1. The lowest BCUT2D eigenvalue weighted by Gasteiger charge is -2.02. The van der Waals surface area contributed by atoms with E-state index in [4.69, 9.17) is 23.2 Å². The number of nitrogens with one attached hydrogen (secondary N) is 2. The molecule has 1 aromatic heterocycles. The Balaban J connectivity index is 1.87. The number of aromatic nitrogens is 1. The molecule has 0 fully saturated rings. The summed E-state index contributed by atoms with van der Waals surface area (Å²) in [6.07, 6.45) is 0. The van der Waals surface area contributed by atoms with Gasteiger partial charge in [0.05, 0.1) is 21.2 Å². The number of benzene rings is 2. The molecule has 3 aromatic rings. The van der Waals surface area contributed by atoms with Crippen molar-refractivity contribution in [1.29, 1.82) is 0 Å². The zero-order valence-corrected chi connectivity index (χ0v) is 13.1. The fourth-order valence-electron chi connectivity index (χ4n) is 2.07. The lowest BCUT2D eigenvalue weighted by molar-refractivity contribution is 0.258. The summed E-state index contributed by atoms with van der Waals surface area (Å²) in [5, 5.41) is 21.0. The minimum absolute atomic E-state index is 0.0971. The molecule has 0 atom stereocenters. The fourth-order valence-corrected chi connectivity index (χ4v) is 2.52. The van der Waals surface area contributed by atoms with E-state index in [1.807, 2.05) is 0 Å². The summed E-state index contributed by atoms with van der Waals surface area (Å²) >= 11 is 12.0. The van der Waals surface area contributed by atoms with Crippen molar-refractivity contribution in [3.8, 4) is 5.88 Å². The lowest BCUT2D eigenvalue weighted by atomic mass is 10.2. The van der Waals surface area contributed by atoms with Gasteiger partial charge in [-0.05, 0) is 24.3 Å². The minimum Gasteiger partial charge on any atom is -0.493 e. The Hall–Kier alpha value is -2.57. The molecular weight excluding hydrogens is 339 g/mol. The molecule has 0 unspecified atom stereocenters. The number of nitrogens with zero attached hydrogens (tertiary/aromatic N) is 2. The van der Waals surface area contributed by atoms with Crippen molar-refractivity contribution in [3.05, 3.63) is 52.5 Å². The molecule has 0 saturated heterocycles. The van der Waals surface area contributed by atoms with Gasteiger partial charge in [-0.15, -0.1) is 5.11 Å². The van der Waals surface area contributed by atoms with Crippen molar-refractivity contribution in [2.45, 2.75) is 0 Å². The van der Waals surface area contributed by atoms with E-state index in [-0.39, 0.29) is 11.6 Å². The van der Waals surface area contributed by atoms with Gasteiger partial charge in [-0.1, -0.05) is 46.5 Å². The van der Waals surface area contributed by atoms with E-state index in [0.717, 1.165) is 0 Å². The van der Waals surface area contributed by atoms with Crippen molar-refractivity contribution in [2.24, 2.45) is 10.2 Å². The average Bonchev–Trinajstić information content (AvgIpc) is 2.84. The summed E-state index contributed by atoms with van der Waals surface area (Å²) in [5.41, 5.74) is 1.11. The molecule has 8 heteroatoms. The highest BCUT2D eigenvalue weighted by molar-refractivity contribution is 6.36. The maximum Gasteiger partial charge on any atom is 0.364 e. The van der Waals surface area contributed by atoms with Crippen molar-refractivity contribution in [2.75, 3.05) is 5.32 Å². The van der Waals surface area contributed by atoms with Crippen molar-refractivity contribution >= 4 is 51.5 Å². The van der Waals surface area contributed by atoms with Gasteiger partial charge in [-0.25, -0.2) is 4.79 Å². The topological polar surface area (TPSA) is 89.8 Å². The Morgan fingerprint density at radius 1 is 1.09 bits per heavy atom. The summed E-state index contributed by atoms with van der Waals surface area (Å²) in [6.45, 7) is 0. The van der Waals surface area contributed by atoms with Crippen LogP contribution >= 0.6 is 23.2 Å². The molecule has 2 aromatic carbocycles. The highest BCUT2D eigenvalue weighted by Crippen LogP contribution is 2.39. The summed E-state index contributed by atoms with van der Waals surface area (Å²) in [5.74, 6) is -0.220. The standard InChI is InChI=1S/C15H10Cl2N4O2/c16-8-4-1-2-6-10(8)19-15(23)21-20-13-12-9(17)5-3-7-11(12)18-14(13)22/h1-7,18,22H,(H,19,23). The summed E-state index contributed by atoms with van der Waals surface area (Å²) in [7, 11) is 0. The number of halogens is 2. The molecule has 23 heavy (non-hydrogen) atoms. The highest BCUT2D eigenvalue weighted by atomic mass is 35.5. The number of rotatable bonds is 2. The number of carbonyl (C=O) groups excluding carboxylic acids is 1. The third-order valence-electron chi connectivity index (χ3n) is 3.08. The number of aromatic hydroxyl groups is 1. The number of fused-ring (bicyclic) bond motifs is 1. The fraction of sp³-hybridized carbons (Fsp3) is 0. The van der Waals surface area contributed by atoms with E-state index in [1.165, 1.54) is 0 Å². The molecule has 3 rings (SSSR count). The van der Waals surface area contributed by atoms with Crippen molar-refractivity contribution in [3.63, 3.8) is 0 Å². The van der Waals surface area contributed by atoms with Crippen LogP contribution in [0.2, 0.25) is 10.0 Å². The number of hydrogen-bond donors (Lipinski definition) is 3. The Labute approximate surface area is 140 Å². The molecule has 0 aliphatic heterocycles. The third-order valence-corrected chi connectivity index (χ3v) is 3.73. The van der Waals surface area contributed by atoms with Crippen LogP contribution in [0.3, 0.4) is 0 Å². The molecule has 0 saturated carbocycles. The number of aromatic amines is 1. The SMILES string of the molecule is O=C(N=Nc1c(O)[nH]c2cccc(Cl)c12)Nc1ccccc1Cl. The molecule has 0 bridgehead atoms. The lowest BCUT2D eigenvalue weighted by Crippen LogP contribution is -2.05. The van der Waals surface area contributed by atoms with Crippen LogP contribution in [-0.4, -0.2) is 16.1 Å². The van der Waals surface area contributed by atoms with Gasteiger partial charge in [-0.3, -0.25) is 0 Å². The highest BCUT2D eigenvalue weighted by Gasteiger charge is 2.14. The Kier molecular flexibility index (Phi) is 4.18. The molecule has 0 radical (unpaired) electrons. The summed E-state index contributed by atoms with van der Waals surface area (Å²) in [4.78, 5) is 14.6. The second kappa shape index (κ2) is 6.28. The van der Waals surface area contributed by atoms with Crippen LogP contribution in [0, 0.1) is 0 Å². The van der Waals surface area contributed by atoms with E-state index < -0.39 is 6.03 Å². The first-order valence-corrected chi connectivity index (χ1v) is 7.28. The predicted octanol–water partition coefficient (Wildman–Crippen LogP) is 5.50. The average molecular weight is 349 g/mol. The second-order valence-corrected chi connectivity index (χ2v) is 5.41. The number of carbonyl (C=O) groups is 1. The first-order valence-electron chi connectivity index (χ1n) is 6.52. The van der Waals surface area contributed by atoms with Gasteiger partial charge in [-0.2, -0.15) is 0 Å². The van der Waals surface area contributed by atoms with Gasteiger partial charge in [0.1, 0.15) is 0 Å². The molecule has 0 aliphatic carbocycles. The maximum absolute atomic E-state index is 11.8. The van der Waals surface area contributed by atoms with E-state index in [2.05, 4.69) is 20.5 Å². The van der Waals surface area contributed by atoms with Crippen LogP contribution in [-0.2, 0) is 0 Å². The maximum atomic E-state index is 11.8. The van der Waals surface area contributed by atoms with Crippen LogP contribution in [0.25, 0.3) is 10.9 Å². The number of H-pyrrole nitrogens is 1. The summed E-state index contributed by atoms with van der Waals surface area (Å²) < 4.78 is 0. The van der Waals surface area contributed by atoms with Gasteiger partial charge in [0.25, 0.3) is 0 Å². The zero-order chi connectivity index (χ0) is 16.4. The van der Waals surface area contributed by atoms with Gasteiger partial charge >= 0.3 is 6.03 Å². The monoisotopic (exact) mass is 348 g/mol. The van der Waals surface area contributed by atoms with Gasteiger partial charge in [0.2, 0.25) is 5.88 Å². The molecular formula is C15H10Cl2N4O2. The molecule has 0 spiro atoms. The number of amides is 2. The number of anilines is 1. The first kappa shape index (κ1) is 15.3. The zero-order valence-electron chi connectivity index (χ0n) is 11.5. The van der Waals surface area contributed by atoms with E-state index in [0.29, 0.717) is 26.6 Å². The van der Waals surface area contributed by atoms with Crippen LogP contribution in [0.4, 0.5) is 16.2 Å². The van der Waals surface area contributed by atoms with Crippen molar-refractivity contribution < 1.29 is 9.90 Å². The Morgan fingerprint density at radius 2 is 1.83 bits per heavy atom. The smallest absolute Gasteiger partial charge is 0.364 e. The van der Waals surface area contributed by atoms with E-state index in [1.54, 1.807) is 42.5 Å². The molecule has 0 aliphatic rings. The van der Waals surface area contributed by atoms with Crippen LogP contribution in [0.5, 0.6) is 5.88 Å². The molecule has 6 nitrogen and oxygen atoms in total. The van der Waals surface area contributed by atoms with Gasteiger partial charge in [0.15, 0.2) is 5.69 Å². The van der Waals surface area contributed by atoms with E-state index >= 15 is 0 Å². The number of azo groups is 1. The minimum atomic E-state index is -0.723. The molecule has 2 amide bonds. The van der Waals surface area contributed by atoms with Gasteiger partial charge in [0, 0.05) is 5.39 Å². The largest absolute Gasteiger partial charge is 0.493 e. The molecule has 116 valence electrons. The quantitative estimate of drug-likeness (QED) is 0.534. The number of para-hydroxylation sites is 1. The van der Waals surface area contributed by atoms with Crippen LogP contribution < -0.4 is 5.32 Å². The van der Waals surface area contributed by atoms with E-state index in [9.17, 15) is 9.90 Å². The van der Waals surface area contributed by atoms with Gasteiger partial charge < -0.3 is 15.4 Å². The number of urea groups is 1. The normalized spacial score (nSPS) is 11.2. The Morgan fingerprint density at radius 3 is 2.61 bits per heavy atom. The van der Waals surface area contributed by atoms with Crippen molar-refractivity contribution in [1.82, 2.24) is 4.98 Å². The second-order valence-electron chi connectivity index (χ2n) is 4.59. The molecule has 3 N–H and O–H groups in total. The predicted molar refractivity (Wildman–Crippen MR) is 90.0 cm³/mol. The number of hydrogen-bond acceptors (Lipinski definition) is 3. The Bertz CT molecular complexity index is 921. The van der Waals surface area contributed by atoms with Crippen LogP contribution in [0.1, 0.15) is 0 Å². The summed E-state index contributed by atoms with van der Waals surface area (Å²) in [6, 6.07) is 11.1. The van der Waals surface area contributed by atoms with Crippen LogP contribution in [0.15, 0.2) is 52.7 Å². The third kappa shape index (κ3) is 3.13.